The molecule has 0 saturated heterocycles. The molecule has 0 spiro atoms. The molecule has 2 aromatic rings. The van der Waals surface area contributed by atoms with E-state index in [0.717, 1.165) is 11.3 Å². The minimum absolute atomic E-state index is 0.0567. The highest BCUT2D eigenvalue weighted by Gasteiger charge is 2.03. The van der Waals surface area contributed by atoms with Crippen molar-refractivity contribution in [1.29, 1.82) is 0 Å². The molecule has 0 unspecified atom stereocenters. The largest absolute Gasteiger partial charge is 0.361 e. The van der Waals surface area contributed by atoms with Gasteiger partial charge in [-0.3, -0.25) is 4.79 Å². The first kappa shape index (κ1) is 15.6. The summed E-state index contributed by atoms with van der Waals surface area (Å²) in [5.41, 5.74) is 3.67. The first-order valence-electron chi connectivity index (χ1n) is 6.46. The van der Waals surface area contributed by atoms with E-state index in [-0.39, 0.29) is 5.78 Å². The zero-order valence-corrected chi connectivity index (χ0v) is 13.3. The minimum atomic E-state index is -0.0567. The number of nitrogens with one attached hydrogen (secondary N) is 1. The highest BCUT2D eigenvalue weighted by atomic mass is 35.5. The Morgan fingerprint density at radius 3 is 2.29 bits per heavy atom. The molecule has 2 nitrogen and oxygen atoms in total. The van der Waals surface area contributed by atoms with Crippen LogP contribution in [0.1, 0.15) is 21.5 Å². The number of carbonyl (C=O) groups is 1. The lowest BCUT2D eigenvalue weighted by molar-refractivity contribution is 0.104. The van der Waals surface area contributed by atoms with Crippen molar-refractivity contribution in [2.45, 2.75) is 13.8 Å². The van der Waals surface area contributed by atoms with Gasteiger partial charge in [-0.15, -0.1) is 0 Å². The fraction of sp³-hybridized carbons (Fsp3) is 0.118. The zero-order valence-electron chi connectivity index (χ0n) is 11.8. The molecule has 21 heavy (non-hydrogen) atoms. The number of anilines is 1. The number of allylic oxidation sites excluding steroid dienone is 1. The quantitative estimate of drug-likeness (QED) is 0.602. The Labute approximate surface area is 134 Å². The molecule has 0 aliphatic rings. The number of hydrogen-bond acceptors (Lipinski definition) is 2. The molecule has 0 saturated carbocycles. The van der Waals surface area contributed by atoms with E-state index in [4.69, 9.17) is 23.2 Å². The molecule has 0 aromatic heterocycles. The van der Waals surface area contributed by atoms with Crippen LogP contribution in [0.3, 0.4) is 0 Å². The fourth-order valence-electron chi connectivity index (χ4n) is 1.84. The van der Waals surface area contributed by atoms with Gasteiger partial charge in [-0.25, -0.2) is 0 Å². The molecule has 4 heteroatoms. The lowest BCUT2D eigenvalue weighted by Gasteiger charge is -2.03. The Kier molecular flexibility index (Phi) is 5.05. The van der Waals surface area contributed by atoms with E-state index in [9.17, 15) is 4.79 Å². The predicted molar refractivity (Wildman–Crippen MR) is 89.5 cm³/mol. The summed E-state index contributed by atoms with van der Waals surface area (Å²) in [5, 5.41) is 4.06. The van der Waals surface area contributed by atoms with Gasteiger partial charge in [0.2, 0.25) is 0 Å². The van der Waals surface area contributed by atoms with Crippen LogP contribution in [0.5, 0.6) is 0 Å². The highest BCUT2D eigenvalue weighted by Crippen LogP contribution is 2.22. The van der Waals surface area contributed by atoms with Gasteiger partial charge in [-0.1, -0.05) is 35.3 Å². The Balaban J connectivity index is 2.06. The lowest BCUT2D eigenvalue weighted by atomic mass is 10.0. The van der Waals surface area contributed by atoms with Gasteiger partial charge < -0.3 is 5.32 Å². The smallest absolute Gasteiger partial charge is 0.187 e. The van der Waals surface area contributed by atoms with Crippen LogP contribution >= 0.6 is 23.2 Å². The second-order valence-corrected chi connectivity index (χ2v) is 5.67. The Bertz CT molecular complexity index is 688. The van der Waals surface area contributed by atoms with Gasteiger partial charge in [0.15, 0.2) is 5.78 Å². The number of ketones is 1. The standard InChI is InChI=1S/C17H15Cl2NO/c1-11-3-4-13(7-12(11)2)17(21)5-6-20-16-9-14(18)8-15(19)10-16/h3-10,20H,1-2H3/b6-5+. The zero-order chi connectivity index (χ0) is 15.4. The van der Waals surface area contributed by atoms with Crippen LogP contribution in [-0.2, 0) is 0 Å². The van der Waals surface area contributed by atoms with Gasteiger partial charge in [-0.05, 0) is 49.2 Å². The Morgan fingerprint density at radius 1 is 1.00 bits per heavy atom. The lowest BCUT2D eigenvalue weighted by Crippen LogP contribution is -1.97. The van der Waals surface area contributed by atoms with Crippen LogP contribution in [0, 0.1) is 13.8 Å². The number of halogens is 2. The van der Waals surface area contributed by atoms with Gasteiger partial charge in [0.05, 0.1) is 0 Å². The third kappa shape index (κ3) is 4.35. The third-order valence-corrected chi connectivity index (χ3v) is 3.58. The number of aryl methyl sites for hydroxylation is 2. The Hall–Kier alpha value is -1.77. The fourth-order valence-corrected chi connectivity index (χ4v) is 2.37. The first-order valence-corrected chi connectivity index (χ1v) is 7.22. The molecular formula is C17H15Cl2NO. The second-order valence-electron chi connectivity index (χ2n) is 4.80. The molecule has 108 valence electrons. The van der Waals surface area contributed by atoms with Crippen molar-refractivity contribution < 1.29 is 4.79 Å². The van der Waals surface area contributed by atoms with Gasteiger partial charge in [-0.2, -0.15) is 0 Å². The minimum Gasteiger partial charge on any atom is -0.361 e. The van der Waals surface area contributed by atoms with Crippen LogP contribution in [0.15, 0.2) is 48.7 Å². The first-order chi connectivity index (χ1) is 9.95. The summed E-state index contributed by atoms with van der Waals surface area (Å²) in [4.78, 5) is 12.1. The van der Waals surface area contributed by atoms with Gasteiger partial charge in [0.1, 0.15) is 0 Å². The van der Waals surface area contributed by atoms with Crippen LogP contribution in [0.2, 0.25) is 10.0 Å². The molecule has 2 aromatic carbocycles. The average molecular weight is 320 g/mol. The second kappa shape index (κ2) is 6.79. The van der Waals surface area contributed by atoms with E-state index in [0.29, 0.717) is 15.6 Å². The number of benzene rings is 2. The topological polar surface area (TPSA) is 29.1 Å². The maximum Gasteiger partial charge on any atom is 0.187 e. The van der Waals surface area contributed by atoms with Crippen molar-refractivity contribution in [3.63, 3.8) is 0 Å². The molecule has 0 amide bonds. The van der Waals surface area contributed by atoms with Crippen LogP contribution in [0.4, 0.5) is 5.69 Å². The van der Waals surface area contributed by atoms with Crippen LogP contribution in [0.25, 0.3) is 0 Å². The average Bonchev–Trinajstić information content (AvgIpc) is 2.40. The number of hydrogen-bond donors (Lipinski definition) is 1. The van der Waals surface area contributed by atoms with E-state index < -0.39 is 0 Å². The summed E-state index contributed by atoms with van der Waals surface area (Å²) in [6, 6.07) is 10.8. The van der Waals surface area contributed by atoms with Crippen molar-refractivity contribution in [2.75, 3.05) is 5.32 Å². The number of carbonyl (C=O) groups excluding carboxylic acids is 1. The Morgan fingerprint density at radius 2 is 1.67 bits per heavy atom. The van der Waals surface area contributed by atoms with E-state index in [1.807, 2.05) is 32.0 Å². The molecule has 1 N–H and O–H groups in total. The van der Waals surface area contributed by atoms with Crippen LogP contribution < -0.4 is 5.32 Å². The van der Waals surface area contributed by atoms with E-state index >= 15 is 0 Å². The number of rotatable bonds is 4. The molecule has 0 fully saturated rings. The SMILES string of the molecule is Cc1ccc(C(=O)/C=C/Nc2cc(Cl)cc(Cl)c2)cc1C. The van der Waals surface area contributed by atoms with Crippen molar-refractivity contribution in [3.05, 3.63) is 75.4 Å². The normalized spacial score (nSPS) is 10.9. The van der Waals surface area contributed by atoms with Crippen molar-refractivity contribution in [1.82, 2.24) is 0 Å². The molecule has 0 aliphatic carbocycles. The van der Waals surface area contributed by atoms with Gasteiger partial charge in [0.25, 0.3) is 0 Å². The highest BCUT2D eigenvalue weighted by molar-refractivity contribution is 6.35. The summed E-state index contributed by atoms with van der Waals surface area (Å²) in [5.74, 6) is -0.0567. The molecule has 0 heterocycles. The maximum absolute atomic E-state index is 12.1. The summed E-state index contributed by atoms with van der Waals surface area (Å²) < 4.78 is 0. The summed E-state index contributed by atoms with van der Waals surface area (Å²) >= 11 is 11.8. The van der Waals surface area contributed by atoms with Crippen molar-refractivity contribution in [3.8, 4) is 0 Å². The van der Waals surface area contributed by atoms with E-state index in [1.54, 1.807) is 24.4 Å². The molecule has 0 radical (unpaired) electrons. The van der Waals surface area contributed by atoms with Crippen molar-refractivity contribution >= 4 is 34.7 Å². The predicted octanol–water partition coefficient (Wildman–Crippen LogP) is 5.42. The summed E-state index contributed by atoms with van der Waals surface area (Å²) in [7, 11) is 0. The van der Waals surface area contributed by atoms with Gasteiger partial charge in [0, 0.05) is 33.6 Å². The molecule has 0 atom stereocenters. The molecule has 0 bridgehead atoms. The summed E-state index contributed by atoms with van der Waals surface area (Å²) in [6.07, 6.45) is 3.07. The molecule has 0 aliphatic heterocycles. The van der Waals surface area contributed by atoms with Crippen molar-refractivity contribution in [2.24, 2.45) is 0 Å². The third-order valence-electron chi connectivity index (χ3n) is 3.14. The summed E-state index contributed by atoms with van der Waals surface area (Å²) in [6.45, 7) is 4.01. The molecular weight excluding hydrogens is 305 g/mol. The van der Waals surface area contributed by atoms with Crippen LogP contribution in [-0.4, -0.2) is 5.78 Å². The maximum atomic E-state index is 12.1. The molecule has 2 rings (SSSR count). The van der Waals surface area contributed by atoms with E-state index in [2.05, 4.69) is 5.32 Å². The van der Waals surface area contributed by atoms with Gasteiger partial charge >= 0.3 is 0 Å². The monoisotopic (exact) mass is 319 g/mol. The van der Waals surface area contributed by atoms with E-state index in [1.165, 1.54) is 11.6 Å².